The summed E-state index contributed by atoms with van der Waals surface area (Å²) in [5.41, 5.74) is 0. The fraction of sp³-hybridized carbons (Fsp3) is 0.945. The highest BCUT2D eigenvalue weighted by molar-refractivity contribution is 7.47. The Bertz CT molecular complexity index is 1820. The van der Waals surface area contributed by atoms with E-state index in [1.807, 2.05) is 0 Å². The van der Waals surface area contributed by atoms with Crippen LogP contribution in [-0.2, 0) is 65.4 Å². The van der Waals surface area contributed by atoms with Crippen molar-refractivity contribution in [2.24, 2.45) is 23.7 Å². The minimum absolute atomic E-state index is 0.101. The highest BCUT2D eigenvalue weighted by atomic mass is 31.2. The normalized spacial score (nSPS) is 14.8. The summed E-state index contributed by atoms with van der Waals surface area (Å²) in [4.78, 5) is 72.6. The second kappa shape index (κ2) is 62.6. The lowest BCUT2D eigenvalue weighted by Gasteiger charge is -2.21. The fourth-order valence-electron chi connectivity index (χ4n) is 11.0. The van der Waals surface area contributed by atoms with E-state index in [2.05, 4.69) is 55.4 Å². The first-order chi connectivity index (χ1) is 44.2. The van der Waals surface area contributed by atoms with Gasteiger partial charge in [-0.2, -0.15) is 0 Å². The van der Waals surface area contributed by atoms with Gasteiger partial charge in [-0.25, -0.2) is 9.13 Å². The van der Waals surface area contributed by atoms with Crippen LogP contribution in [0.1, 0.15) is 364 Å². The lowest BCUT2D eigenvalue weighted by atomic mass is 9.99. The summed E-state index contributed by atoms with van der Waals surface area (Å²) < 4.78 is 68.4. The highest BCUT2D eigenvalue weighted by Crippen LogP contribution is 2.45. The summed E-state index contributed by atoms with van der Waals surface area (Å²) in [7, 11) is -9.91. The quantitative estimate of drug-likeness (QED) is 0.0222. The molecule has 0 aromatic carbocycles. The van der Waals surface area contributed by atoms with E-state index in [0.29, 0.717) is 31.6 Å². The molecule has 3 N–H and O–H groups in total. The predicted octanol–water partition coefficient (Wildman–Crippen LogP) is 20.9. The van der Waals surface area contributed by atoms with Crippen LogP contribution in [0, 0.1) is 23.7 Å². The molecule has 0 heterocycles. The Balaban J connectivity index is 5.23. The van der Waals surface area contributed by atoms with Crippen LogP contribution < -0.4 is 0 Å². The number of carbonyl (C=O) groups is 4. The molecule has 0 aromatic heterocycles. The topological polar surface area (TPSA) is 237 Å². The van der Waals surface area contributed by atoms with Gasteiger partial charge >= 0.3 is 39.5 Å². The predicted molar refractivity (Wildman–Crippen MR) is 372 cm³/mol. The summed E-state index contributed by atoms with van der Waals surface area (Å²) in [5, 5.41) is 10.6. The van der Waals surface area contributed by atoms with Gasteiger partial charge in [-0.15, -0.1) is 0 Å². The maximum Gasteiger partial charge on any atom is 0.472 e. The molecular formula is C73H142O17P2. The number of phosphoric acid groups is 2. The SMILES string of the molecule is CCC(C)CCCCCCCCCCCCCCCCC(=O)O[C@H](COC(=O)CCCCCCCCCCCCC(C)CC)COP(=O)(O)OCC(O)COP(=O)(O)OC[C@@H](COC(=O)CCCCCCCCCCC(C)C)OC(=O)CCCCCCCCC(C)C. The molecule has 0 aromatic rings. The molecule has 0 aliphatic heterocycles. The van der Waals surface area contributed by atoms with Crippen molar-refractivity contribution >= 4 is 39.5 Å². The molecule has 0 saturated heterocycles. The maximum absolute atomic E-state index is 13.1. The molecule has 0 aliphatic carbocycles. The Hall–Kier alpha value is -1.94. The third kappa shape index (κ3) is 64.1. The summed E-state index contributed by atoms with van der Waals surface area (Å²) >= 11 is 0. The van der Waals surface area contributed by atoms with Crippen molar-refractivity contribution in [3.8, 4) is 0 Å². The number of ether oxygens (including phenoxy) is 4. The van der Waals surface area contributed by atoms with Gasteiger partial charge in [-0.1, -0.05) is 312 Å². The van der Waals surface area contributed by atoms with Crippen LogP contribution in [0.2, 0.25) is 0 Å². The van der Waals surface area contributed by atoms with E-state index in [1.165, 1.54) is 167 Å². The van der Waals surface area contributed by atoms with E-state index in [9.17, 15) is 43.2 Å². The first kappa shape index (κ1) is 90.1. The molecule has 0 aliphatic rings. The van der Waals surface area contributed by atoms with Crippen LogP contribution in [0.4, 0.5) is 0 Å². The molecule has 19 heteroatoms. The number of aliphatic hydroxyl groups excluding tert-OH is 1. The number of hydrogen-bond acceptors (Lipinski definition) is 15. The largest absolute Gasteiger partial charge is 0.472 e. The molecule has 7 atom stereocenters. The van der Waals surface area contributed by atoms with E-state index in [4.69, 9.17) is 37.0 Å². The number of carbonyl (C=O) groups excluding carboxylic acids is 4. The van der Waals surface area contributed by atoms with Crippen LogP contribution in [-0.4, -0.2) is 96.7 Å². The molecule has 0 saturated carbocycles. The van der Waals surface area contributed by atoms with Gasteiger partial charge in [0.2, 0.25) is 0 Å². The number of rotatable bonds is 70. The van der Waals surface area contributed by atoms with Gasteiger partial charge in [0, 0.05) is 25.7 Å². The first-order valence-corrected chi connectivity index (χ1v) is 40.8. The number of esters is 4. The molecule has 546 valence electrons. The van der Waals surface area contributed by atoms with E-state index in [0.717, 1.165) is 108 Å². The van der Waals surface area contributed by atoms with Crippen molar-refractivity contribution in [3.05, 3.63) is 0 Å². The van der Waals surface area contributed by atoms with E-state index < -0.39 is 97.5 Å². The van der Waals surface area contributed by atoms with Crippen molar-refractivity contribution < 1.29 is 80.2 Å². The zero-order chi connectivity index (χ0) is 68.2. The van der Waals surface area contributed by atoms with E-state index in [1.54, 1.807) is 0 Å². The highest BCUT2D eigenvalue weighted by Gasteiger charge is 2.30. The van der Waals surface area contributed by atoms with Crippen molar-refractivity contribution in [1.82, 2.24) is 0 Å². The van der Waals surface area contributed by atoms with Gasteiger partial charge in [0.25, 0.3) is 0 Å². The van der Waals surface area contributed by atoms with Crippen molar-refractivity contribution in [2.45, 2.75) is 382 Å². The average Bonchev–Trinajstić information content (AvgIpc) is 2.42. The molecule has 0 radical (unpaired) electrons. The second-order valence-corrected chi connectivity index (χ2v) is 30.7. The van der Waals surface area contributed by atoms with Gasteiger partial charge in [0.1, 0.15) is 19.3 Å². The Labute approximate surface area is 562 Å². The van der Waals surface area contributed by atoms with Gasteiger partial charge in [-0.05, 0) is 49.4 Å². The minimum atomic E-state index is -4.96. The van der Waals surface area contributed by atoms with Crippen LogP contribution in [0.25, 0.3) is 0 Å². The lowest BCUT2D eigenvalue weighted by molar-refractivity contribution is -0.161. The summed E-state index contributed by atoms with van der Waals surface area (Å²) in [6.45, 7) is 14.1. The first-order valence-electron chi connectivity index (χ1n) is 37.8. The molecule has 17 nitrogen and oxygen atoms in total. The molecule has 5 unspecified atom stereocenters. The molecule has 0 spiro atoms. The standard InChI is InChI=1S/C73H142O17P2/c1-9-65(7)51-43-35-26-19-15-13-11-12-14-16-22-30-39-47-55-72(77)89-68(59-83-70(75)53-45-37-28-21-18-17-20-27-36-44-52-66(8)10-2)61-87-91(79,80)85-57-67(74)58-86-92(81,82)88-62-69(90-73(78)56-48-40-32-31-34-42-50-64(5)6)60-84-71(76)54-46-38-29-24-23-25-33-41-49-63(3)4/h63-69,74H,9-62H2,1-8H3,(H,79,80)(H,81,82)/t65?,66?,67?,68-,69-/m1/s1. The molecule has 0 rings (SSSR count). The Morgan fingerprint density at radius 1 is 0.304 bits per heavy atom. The van der Waals surface area contributed by atoms with Crippen molar-refractivity contribution in [3.63, 3.8) is 0 Å². The number of hydrogen-bond donors (Lipinski definition) is 3. The van der Waals surface area contributed by atoms with Gasteiger partial charge < -0.3 is 33.8 Å². The average molecular weight is 1350 g/mol. The smallest absolute Gasteiger partial charge is 0.462 e. The lowest BCUT2D eigenvalue weighted by Crippen LogP contribution is -2.30. The Morgan fingerprint density at radius 3 is 0.772 bits per heavy atom. The minimum Gasteiger partial charge on any atom is -0.462 e. The van der Waals surface area contributed by atoms with Gasteiger partial charge in [0.05, 0.1) is 26.4 Å². The second-order valence-electron chi connectivity index (χ2n) is 27.8. The van der Waals surface area contributed by atoms with Gasteiger partial charge in [0.15, 0.2) is 12.2 Å². The molecule has 0 fully saturated rings. The van der Waals surface area contributed by atoms with Crippen molar-refractivity contribution in [1.29, 1.82) is 0 Å². The molecule has 0 amide bonds. The molecule has 92 heavy (non-hydrogen) atoms. The molecule has 0 bridgehead atoms. The third-order valence-corrected chi connectivity index (χ3v) is 19.4. The van der Waals surface area contributed by atoms with Crippen LogP contribution in [0.3, 0.4) is 0 Å². The summed E-state index contributed by atoms with van der Waals surface area (Å²) in [6.07, 6.45) is 45.9. The fourth-order valence-corrected chi connectivity index (χ4v) is 12.5. The zero-order valence-electron chi connectivity index (χ0n) is 60.2. The summed E-state index contributed by atoms with van der Waals surface area (Å²) in [6, 6.07) is 0. The van der Waals surface area contributed by atoms with Crippen LogP contribution >= 0.6 is 15.6 Å². The summed E-state index contributed by atoms with van der Waals surface area (Å²) in [5.74, 6) is 0.922. The maximum atomic E-state index is 13.1. The number of phosphoric ester groups is 2. The third-order valence-electron chi connectivity index (χ3n) is 17.5. The van der Waals surface area contributed by atoms with E-state index in [-0.39, 0.29) is 25.7 Å². The van der Waals surface area contributed by atoms with E-state index >= 15 is 0 Å². The number of aliphatic hydroxyl groups is 1. The molecular weight excluding hydrogens is 1210 g/mol. The van der Waals surface area contributed by atoms with Crippen LogP contribution in [0.15, 0.2) is 0 Å². The monoisotopic (exact) mass is 1350 g/mol. The Morgan fingerprint density at radius 2 is 0.522 bits per heavy atom. The van der Waals surface area contributed by atoms with Crippen LogP contribution in [0.5, 0.6) is 0 Å². The zero-order valence-corrected chi connectivity index (χ0v) is 62.0. The van der Waals surface area contributed by atoms with Crippen molar-refractivity contribution in [2.75, 3.05) is 39.6 Å². The van der Waals surface area contributed by atoms with Gasteiger partial charge in [-0.3, -0.25) is 37.3 Å². The Kier molecular flexibility index (Phi) is 61.3. The number of unbranched alkanes of at least 4 members (excludes halogenated alkanes) is 34.